The van der Waals surface area contributed by atoms with Crippen LogP contribution in [-0.4, -0.2) is 17.8 Å². The first kappa shape index (κ1) is 18.8. The van der Waals surface area contributed by atoms with Gasteiger partial charge < -0.3 is 14.8 Å². The van der Waals surface area contributed by atoms with Gasteiger partial charge in [0.25, 0.3) is 5.91 Å². The van der Waals surface area contributed by atoms with Crippen LogP contribution < -0.4 is 25.6 Å². The van der Waals surface area contributed by atoms with Crippen LogP contribution in [0.3, 0.4) is 0 Å². The van der Waals surface area contributed by atoms with Crippen LogP contribution in [-0.2, 0) is 6.42 Å². The summed E-state index contributed by atoms with van der Waals surface area (Å²) in [5, 5.41) is 4.52. The first-order chi connectivity index (χ1) is 13.5. The average molecular weight is 434 g/mol. The Kier molecular flexibility index (Phi) is 5.25. The molecule has 2 aromatic carbocycles. The number of benzene rings is 2. The maximum absolute atomic E-state index is 12.5. The molecule has 3 aromatic rings. The number of hydrogen-bond donors (Lipinski definition) is 3. The molecule has 0 bridgehead atoms. The third-order valence-corrected chi connectivity index (χ3v) is 6.09. The minimum atomic E-state index is -0.348. The monoisotopic (exact) mass is 433 g/mol. The fraction of sp³-hybridized carbons (Fsp3) is 0.158. The molecule has 6 nitrogen and oxygen atoms in total. The van der Waals surface area contributed by atoms with Crippen molar-refractivity contribution in [3.8, 4) is 11.5 Å². The Balaban J connectivity index is 1.40. The Bertz CT molecular complexity index is 1080. The summed E-state index contributed by atoms with van der Waals surface area (Å²) in [6.45, 7) is 2.29. The number of carbonyl (C=O) groups is 1. The van der Waals surface area contributed by atoms with Crippen molar-refractivity contribution in [2.24, 2.45) is 0 Å². The fourth-order valence-corrected chi connectivity index (χ4v) is 4.43. The molecule has 2 heterocycles. The number of rotatable bonds is 3. The van der Waals surface area contributed by atoms with Gasteiger partial charge in [-0.1, -0.05) is 30.7 Å². The summed E-state index contributed by atoms with van der Waals surface area (Å²) < 4.78 is 11.6. The number of hydrogen-bond acceptors (Lipinski definition) is 5. The second-order valence-electron chi connectivity index (χ2n) is 6.03. The fourth-order valence-electron chi connectivity index (χ4n) is 2.78. The molecule has 0 atom stereocenters. The number of aryl methyl sites for hydroxylation is 1. The third-order valence-electron chi connectivity index (χ3n) is 4.23. The Morgan fingerprint density at radius 1 is 1.18 bits per heavy atom. The SMILES string of the molecule is CCc1ccc2c(Cl)c(C(=O)NNC(=S)Nc3ccc4c(c3)OCO4)sc2c1. The number of carbonyl (C=O) groups excluding carboxylic acids is 1. The first-order valence-electron chi connectivity index (χ1n) is 8.53. The van der Waals surface area contributed by atoms with Crippen molar-refractivity contribution < 1.29 is 14.3 Å². The zero-order valence-electron chi connectivity index (χ0n) is 14.8. The highest BCUT2D eigenvalue weighted by Crippen LogP contribution is 2.36. The predicted molar refractivity (Wildman–Crippen MR) is 116 cm³/mol. The molecule has 1 aliphatic rings. The second-order valence-corrected chi connectivity index (χ2v) is 7.87. The summed E-state index contributed by atoms with van der Waals surface area (Å²) >= 11 is 13.0. The normalized spacial score (nSPS) is 12.1. The molecular weight excluding hydrogens is 418 g/mol. The van der Waals surface area contributed by atoms with Crippen LogP contribution in [0.1, 0.15) is 22.2 Å². The molecule has 28 heavy (non-hydrogen) atoms. The molecular formula is C19H16ClN3O3S2. The first-order valence-corrected chi connectivity index (χ1v) is 10.1. The summed E-state index contributed by atoms with van der Waals surface area (Å²) in [6.07, 6.45) is 0.925. The number of nitrogens with one attached hydrogen (secondary N) is 3. The number of hydrazine groups is 1. The van der Waals surface area contributed by atoms with Crippen molar-refractivity contribution in [2.45, 2.75) is 13.3 Å². The van der Waals surface area contributed by atoms with Crippen LogP contribution in [0.25, 0.3) is 10.1 Å². The Hall–Kier alpha value is -2.55. The summed E-state index contributed by atoms with van der Waals surface area (Å²) in [5.41, 5.74) is 7.18. The lowest BCUT2D eigenvalue weighted by atomic mass is 10.1. The van der Waals surface area contributed by atoms with E-state index in [2.05, 4.69) is 29.2 Å². The van der Waals surface area contributed by atoms with E-state index in [1.807, 2.05) is 12.1 Å². The van der Waals surface area contributed by atoms with Gasteiger partial charge in [0.05, 0.1) is 5.02 Å². The van der Waals surface area contributed by atoms with E-state index in [-0.39, 0.29) is 17.8 Å². The molecule has 0 saturated heterocycles. The van der Waals surface area contributed by atoms with Gasteiger partial charge in [-0.25, -0.2) is 0 Å². The van der Waals surface area contributed by atoms with Crippen LogP contribution in [0.2, 0.25) is 5.02 Å². The largest absolute Gasteiger partial charge is 0.454 e. The lowest BCUT2D eigenvalue weighted by Crippen LogP contribution is -2.43. The molecule has 0 radical (unpaired) electrons. The van der Waals surface area contributed by atoms with E-state index in [1.165, 1.54) is 16.9 Å². The number of thiophene rings is 1. The second kappa shape index (κ2) is 7.83. The predicted octanol–water partition coefficient (Wildman–Crippen LogP) is 4.48. The number of ether oxygens (including phenoxy) is 2. The summed E-state index contributed by atoms with van der Waals surface area (Å²) in [7, 11) is 0. The zero-order chi connectivity index (χ0) is 19.7. The number of anilines is 1. The van der Waals surface area contributed by atoms with Gasteiger partial charge in [0.2, 0.25) is 6.79 Å². The van der Waals surface area contributed by atoms with Crippen molar-refractivity contribution >= 4 is 61.9 Å². The quantitative estimate of drug-likeness (QED) is 0.418. The van der Waals surface area contributed by atoms with Gasteiger partial charge in [-0.05, 0) is 42.4 Å². The van der Waals surface area contributed by atoms with Gasteiger partial charge in [-0.2, -0.15) is 0 Å². The lowest BCUT2D eigenvalue weighted by Gasteiger charge is -2.11. The molecule has 144 valence electrons. The van der Waals surface area contributed by atoms with Crippen LogP contribution >= 0.6 is 35.2 Å². The summed E-state index contributed by atoms with van der Waals surface area (Å²) in [4.78, 5) is 13.0. The third kappa shape index (κ3) is 3.71. The van der Waals surface area contributed by atoms with Crippen LogP contribution in [0.15, 0.2) is 36.4 Å². The standard InChI is InChI=1S/C19H16ClN3O3S2/c1-2-10-3-5-12-15(7-10)28-17(16(12)20)18(24)22-23-19(27)21-11-4-6-13-14(8-11)26-9-25-13/h3-8H,2,9H2,1H3,(H,22,24)(H2,21,23,27). The van der Waals surface area contributed by atoms with E-state index < -0.39 is 0 Å². The van der Waals surface area contributed by atoms with Crippen LogP contribution in [0.4, 0.5) is 5.69 Å². The lowest BCUT2D eigenvalue weighted by molar-refractivity contribution is 0.0948. The number of amides is 1. The topological polar surface area (TPSA) is 71.6 Å². The summed E-state index contributed by atoms with van der Waals surface area (Å²) in [5.74, 6) is 0.975. The Morgan fingerprint density at radius 3 is 2.82 bits per heavy atom. The molecule has 0 fully saturated rings. The van der Waals surface area contributed by atoms with E-state index in [4.69, 9.17) is 33.3 Å². The number of fused-ring (bicyclic) bond motifs is 2. The van der Waals surface area contributed by atoms with Crippen molar-refractivity contribution in [1.82, 2.24) is 10.9 Å². The minimum Gasteiger partial charge on any atom is -0.454 e. The molecule has 1 amide bonds. The van der Waals surface area contributed by atoms with E-state index in [9.17, 15) is 4.79 Å². The molecule has 9 heteroatoms. The smallest absolute Gasteiger partial charge is 0.281 e. The van der Waals surface area contributed by atoms with E-state index in [1.54, 1.807) is 18.2 Å². The van der Waals surface area contributed by atoms with Gasteiger partial charge in [0.15, 0.2) is 16.6 Å². The highest BCUT2D eigenvalue weighted by molar-refractivity contribution is 7.80. The summed E-state index contributed by atoms with van der Waals surface area (Å²) in [6, 6.07) is 11.4. The van der Waals surface area contributed by atoms with Crippen molar-refractivity contribution in [1.29, 1.82) is 0 Å². The van der Waals surface area contributed by atoms with Gasteiger partial charge in [0.1, 0.15) is 4.88 Å². The maximum atomic E-state index is 12.5. The highest BCUT2D eigenvalue weighted by Gasteiger charge is 2.18. The molecule has 4 rings (SSSR count). The molecule has 0 spiro atoms. The molecule has 0 aliphatic carbocycles. The van der Waals surface area contributed by atoms with Crippen molar-refractivity contribution in [3.63, 3.8) is 0 Å². The number of thiocarbonyl (C=S) groups is 1. The van der Waals surface area contributed by atoms with Gasteiger partial charge >= 0.3 is 0 Å². The van der Waals surface area contributed by atoms with Gasteiger partial charge in [0, 0.05) is 21.8 Å². The van der Waals surface area contributed by atoms with Crippen LogP contribution in [0, 0.1) is 0 Å². The minimum absolute atomic E-state index is 0.202. The van der Waals surface area contributed by atoms with E-state index in [0.29, 0.717) is 27.1 Å². The molecule has 1 aromatic heterocycles. The highest BCUT2D eigenvalue weighted by atomic mass is 35.5. The molecule has 3 N–H and O–H groups in total. The Morgan fingerprint density at radius 2 is 2.00 bits per heavy atom. The van der Waals surface area contributed by atoms with E-state index in [0.717, 1.165) is 16.5 Å². The molecule has 0 saturated carbocycles. The van der Waals surface area contributed by atoms with E-state index >= 15 is 0 Å². The molecule has 1 aliphatic heterocycles. The average Bonchev–Trinajstić information content (AvgIpc) is 3.29. The maximum Gasteiger partial charge on any atom is 0.281 e. The Labute approximate surface area is 175 Å². The molecule has 0 unspecified atom stereocenters. The number of halogens is 1. The zero-order valence-corrected chi connectivity index (χ0v) is 17.2. The van der Waals surface area contributed by atoms with Gasteiger partial charge in [-0.15, -0.1) is 11.3 Å². The van der Waals surface area contributed by atoms with Crippen LogP contribution in [0.5, 0.6) is 11.5 Å². The van der Waals surface area contributed by atoms with Crippen molar-refractivity contribution in [2.75, 3.05) is 12.1 Å². The van der Waals surface area contributed by atoms with Crippen molar-refractivity contribution in [3.05, 3.63) is 51.9 Å². The van der Waals surface area contributed by atoms with Gasteiger partial charge in [-0.3, -0.25) is 15.6 Å².